The summed E-state index contributed by atoms with van der Waals surface area (Å²) in [6, 6.07) is 13.4. The largest absolute Gasteiger partial charge is 0.296 e. The normalized spacial score (nSPS) is 20.8. The van der Waals surface area contributed by atoms with Crippen LogP contribution >= 0.6 is 22.7 Å². The van der Waals surface area contributed by atoms with Crippen molar-refractivity contribution in [3.05, 3.63) is 79.4 Å². The second-order valence-electron chi connectivity index (χ2n) is 6.29. The summed E-state index contributed by atoms with van der Waals surface area (Å²) in [6.45, 7) is 4.29. The van der Waals surface area contributed by atoms with Crippen molar-refractivity contribution in [1.29, 1.82) is 0 Å². The van der Waals surface area contributed by atoms with E-state index in [4.69, 9.17) is 4.98 Å². The lowest BCUT2D eigenvalue weighted by molar-refractivity contribution is 0.452. The molecule has 0 saturated heterocycles. The Labute approximate surface area is 150 Å². The van der Waals surface area contributed by atoms with E-state index in [0.29, 0.717) is 6.04 Å². The van der Waals surface area contributed by atoms with Gasteiger partial charge in [0.25, 0.3) is 0 Å². The molecule has 0 unspecified atom stereocenters. The number of fused-ring (bicyclic) bond motifs is 1. The number of thiazole rings is 1. The average molecular weight is 353 g/mol. The lowest BCUT2D eigenvalue weighted by Gasteiger charge is -2.31. The van der Waals surface area contributed by atoms with Crippen LogP contribution < -0.4 is 5.32 Å². The zero-order valence-electron chi connectivity index (χ0n) is 13.8. The van der Waals surface area contributed by atoms with E-state index in [0.717, 1.165) is 12.1 Å². The molecule has 0 bridgehead atoms. The van der Waals surface area contributed by atoms with E-state index in [1.54, 1.807) is 11.3 Å². The minimum absolute atomic E-state index is 0.267. The SMILES string of the molecule is C/C(=C\c1ccccc1)[C@H]1N[C@@H](c2nc(C)cs2)Cc2ccsc21. The van der Waals surface area contributed by atoms with Crippen molar-refractivity contribution in [2.24, 2.45) is 0 Å². The van der Waals surface area contributed by atoms with Crippen LogP contribution in [0.15, 0.2) is 52.7 Å². The Morgan fingerprint density at radius 2 is 2.04 bits per heavy atom. The van der Waals surface area contributed by atoms with Crippen LogP contribution in [0.4, 0.5) is 0 Å². The van der Waals surface area contributed by atoms with Crippen molar-refractivity contribution in [2.45, 2.75) is 32.4 Å². The molecule has 4 rings (SSSR count). The first-order valence-electron chi connectivity index (χ1n) is 8.18. The first-order valence-corrected chi connectivity index (χ1v) is 9.94. The Balaban J connectivity index is 1.68. The van der Waals surface area contributed by atoms with Crippen molar-refractivity contribution < 1.29 is 0 Å². The molecule has 4 heteroatoms. The first kappa shape index (κ1) is 15.8. The van der Waals surface area contributed by atoms with Gasteiger partial charge in [-0.05, 0) is 42.8 Å². The molecular formula is C20H20N2S2. The van der Waals surface area contributed by atoms with Gasteiger partial charge in [0, 0.05) is 16.0 Å². The molecule has 122 valence electrons. The van der Waals surface area contributed by atoms with Gasteiger partial charge in [-0.1, -0.05) is 42.0 Å². The number of rotatable bonds is 3. The van der Waals surface area contributed by atoms with Gasteiger partial charge in [-0.25, -0.2) is 4.98 Å². The molecular weight excluding hydrogens is 332 g/mol. The van der Waals surface area contributed by atoms with Crippen LogP contribution in [-0.4, -0.2) is 4.98 Å². The third-order valence-electron chi connectivity index (χ3n) is 4.42. The van der Waals surface area contributed by atoms with Crippen LogP contribution in [0.5, 0.6) is 0 Å². The summed E-state index contributed by atoms with van der Waals surface area (Å²) >= 11 is 3.62. The minimum Gasteiger partial charge on any atom is -0.296 e. The fraction of sp³-hybridized carbons (Fsp3) is 0.250. The number of hydrogen-bond acceptors (Lipinski definition) is 4. The van der Waals surface area contributed by atoms with Gasteiger partial charge in [-0.2, -0.15) is 0 Å². The van der Waals surface area contributed by atoms with Gasteiger partial charge in [0.15, 0.2) is 0 Å². The molecule has 0 spiro atoms. The van der Waals surface area contributed by atoms with Crippen LogP contribution in [0, 0.1) is 6.92 Å². The molecule has 0 amide bonds. The van der Waals surface area contributed by atoms with Crippen LogP contribution in [0.2, 0.25) is 0 Å². The second kappa shape index (κ2) is 6.63. The van der Waals surface area contributed by atoms with Gasteiger partial charge in [0.1, 0.15) is 5.01 Å². The van der Waals surface area contributed by atoms with Crippen LogP contribution in [0.1, 0.15) is 45.7 Å². The van der Waals surface area contributed by atoms with E-state index in [1.165, 1.54) is 26.6 Å². The van der Waals surface area contributed by atoms with Gasteiger partial charge in [0.05, 0.1) is 12.1 Å². The number of thiophene rings is 1. The van der Waals surface area contributed by atoms with Gasteiger partial charge < -0.3 is 0 Å². The molecule has 1 N–H and O–H groups in total. The fourth-order valence-corrected chi connectivity index (χ4v) is 5.18. The summed E-state index contributed by atoms with van der Waals surface area (Å²) in [5, 5.41) is 9.39. The van der Waals surface area contributed by atoms with Crippen LogP contribution in [0.25, 0.3) is 6.08 Å². The van der Waals surface area contributed by atoms with Crippen LogP contribution in [-0.2, 0) is 6.42 Å². The van der Waals surface area contributed by atoms with Gasteiger partial charge in [-0.15, -0.1) is 22.7 Å². The maximum atomic E-state index is 4.71. The molecule has 0 saturated carbocycles. The second-order valence-corrected chi connectivity index (χ2v) is 8.13. The number of aromatic nitrogens is 1. The monoisotopic (exact) mass is 352 g/mol. The summed E-state index contributed by atoms with van der Waals surface area (Å²) in [7, 11) is 0. The number of nitrogens with one attached hydrogen (secondary N) is 1. The minimum atomic E-state index is 0.267. The molecule has 2 aromatic heterocycles. The van der Waals surface area contributed by atoms with Crippen molar-refractivity contribution in [3.8, 4) is 0 Å². The molecule has 0 fully saturated rings. The third-order valence-corrected chi connectivity index (χ3v) is 6.52. The third kappa shape index (κ3) is 3.09. The maximum absolute atomic E-state index is 4.71. The predicted molar refractivity (Wildman–Crippen MR) is 104 cm³/mol. The highest BCUT2D eigenvalue weighted by molar-refractivity contribution is 7.10. The summed E-state index contributed by atoms with van der Waals surface area (Å²) in [5.41, 5.74) is 5.17. The Kier molecular flexibility index (Phi) is 4.35. The molecule has 1 aromatic carbocycles. The molecule has 3 aromatic rings. The van der Waals surface area contributed by atoms with E-state index < -0.39 is 0 Å². The Hall–Kier alpha value is -1.75. The summed E-state index contributed by atoms with van der Waals surface area (Å²) in [4.78, 5) is 6.16. The summed E-state index contributed by atoms with van der Waals surface area (Å²) in [5.74, 6) is 0. The highest BCUT2D eigenvalue weighted by Crippen LogP contribution is 2.39. The van der Waals surface area contributed by atoms with Crippen molar-refractivity contribution >= 4 is 28.7 Å². The number of hydrogen-bond donors (Lipinski definition) is 1. The van der Waals surface area contributed by atoms with Crippen molar-refractivity contribution in [3.63, 3.8) is 0 Å². The molecule has 1 aliphatic rings. The number of nitrogens with zero attached hydrogens (tertiary/aromatic N) is 1. The molecule has 2 atom stereocenters. The Morgan fingerprint density at radius 1 is 1.21 bits per heavy atom. The Morgan fingerprint density at radius 3 is 2.79 bits per heavy atom. The van der Waals surface area contributed by atoms with E-state index in [9.17, 15) is 0 Å². The molecule has 3 heterocycles. The maximum Gasteiger partial charge on any atom is 0.110 e. The molecule has 2 nitrogen and oxygen atoms in total. The van der Waals surface area contributed by atoms with Crippen molar-refractivity contribution in [1.82, 2.24) is 10.3 Å². The standard InChI is InChI=1S/C20H20N2S2/c1-13(10-15-6-4-3-5-7-15)18-19-16(8-9-23-19)11-17(22-18)20-21-14(2)12-24-20/h3-10,12,17-18,22H,11H2,1-2H3/b13-10+/t17-,18-/m1/s1. The smallest absolute Gasteiger partial charge is 0.110 e. The molecule has 0 radical (unpaired) electrons. The van der Waals surface area contributed by atoms with Gasteiger partial charge in [-0.3, -0.25) is 5.32 Å². The summed E-state index contributed by atoms with van der Waals surface area (Å²) < 4.78 is 0. The van der Waals surface area contributed by atoms with E-state index >= 15 is 0 Å². The molecule has 24 heavy (non-hydrogen) atoms. The van der Waals surface area contributed by atoms with E-state index in [1.807, 2.05) is 11.3 Å². The molecule has 0 aliphatic carbocycles. The lowest BCUT2D eigenvalue weighted by Crippen LogP contribution is -2.33. The number of benzene rings is 1. The van der Waals surface area contributed by atoms with E-state index in [2.05, 4.69) is 72.4 Å². The average Bonchev–Trinajstić information content (AvgIpc) is 3.23. The predicted octanol–water partition coefficient (Wildman–Crippen LogP) is 5.54. The fourth-order valence-electron chi connectivity index (χ4n) is 3.25. The first-order chi connectivity index (χ1) is 11.7. The van der Waals surface area contributed by atoms with Gasteiger partial charge >= 0.3 is 0 Å². The van der Waals surface area contributed by atoms with E-state index in [-0.39, 0.29) is 6.04 Å². The highest BCUT2D eigenvalue weighted by atomic mass is 32.1. The Bertz CT molecular complexity index is 861. The topological polar surface area (TPSA) is 24.9 Å². The zero-order chi connectivity index (χ0) is 16.5. The quantitative estimate of drug-likeness (QED) is 0.669. The lowest BCUT2D eigenvalue weighted by atomic mass is 9.93. The number of aryl methyl sites for hydroxylation is 1. The van der Waals surface area contributed by atoms with Crippen LogP contribution in [0.3, 0.4) is 0 Å². The van der Waals surface area contributed by atoms with Crippen molar-refractivity contribution in [2.75, 3.05) is 0 Å². The summed E-state index contributed by atoms with van der Waals surface area (Å²) in [6.07, 6.45) is 3.32. The molecule has 1 aliphatic heterocycles. The van der Waals surface area contributed by atoms with Gasteiger partial charge in [0.2, 0.25) is 0 Å². The zero-order valence-corrected chi connectivity index (χ0v) is 15.5. The highest BCUT2D eigenvalue weighted by Gasteiger charge is 2.30.